The van der Waals surface area contributed by atoms with Crippen LogP contribution in [0, 0.1) is 5.41 Å². The first-order valence-corrected chi connectivity index (χ1v) is 13.6. The summed E-state index contributed by atoms with van der Waals surface area (Å²) in [5.74, 6) is 0.756. The smallest absolute Gasteiger partial charge is 0.235 e. The zero-order valence-electron chi connectivity index (χ0n) is 20.3. The predicted molar refractivity (Wildman–Crippen MR) is 140 cm³/mol. The molecule has 0 aromatic heterocycles. The van der Waals surface area contributed by atoms with E-state index >= 15 is 0 Å². The van der Waals surface area contributed by atoms with E-state index < -0.39 is 16.1 Å². The summed E-state index contributed by atoms with van der Waals surface area (Å²) in [5.41, 5.74) is 9.58. The van der Waals surface area contributed by atoms with E-state index in [0.29, 0.717) is 17.7 Å². The average molecular weight is 499 g/mol. The van der Waals surface area contributed by atoms with Gasteiger partial charge in [-0.05, 0) is 73.8 Å². The van der Waals surface area contributed by atoms with E-state index in [1.54, 1.807) is 20.1 Å². The lowest BCUT2D eigenvalue weighted by Crippen LogP contribution is -2.40. The molecule has 8 nitrogen and oxygen atoms in total. The Morgan fingerprint density at radius 2 is 2.00 bits per heavy atom. The van der Waals surface area contributed by atoms with Gasteiger partial charge in [0.15, 0.2) is 0 Å². The highest BCUT2D eigenvalue weighted by Crippen LogP contribution is 2.40. The summed E-state index contributed by atoms with van der Waals surface area (Å²) < 4.78 is 39.8. The summed E-state index contributed by atoms with van der Waals surface area (Å²) in [6.07, 6.45) is 4.54. The molecule has 0 amide bonds. The van der Waals surface area contributed by atoms with Crippen LogP contribution in [0.5, 0.6) is 5.75 Å². The van der Waals surface area contributed by atoms with Crippen molar-refractivity contribution in [2.45, 2.75) is 38.3 Å². The van der Waals surface area contributed by atoms with Gasteiger partial charge in [0.25, 0.3) is 0 Å². The number of anilines is 1. The maximum absolute atomic E-state index is 13.3. The third-order valence-electron chi connectivity index (χ3n) is 6.53. The molecule has 4 N–H and O–H groups in total. The number of methoxy groups -OCH3 is 1. The number of sulfonamides is 1. The van der Waals surface area contributed by atoms with E-state index in [0.717, 1.165) is 48.4 Å². The molecule has 2 aliphatic heterocycles. The molecular formula is C26H34N4O4S. The molecule has 0 aliphatic carbocycles. The van der Waals surface area contributed by atoms with E-state index in [1.807, 2.05) is 42.5 Å². The van der Waals surface area contributed by atoms with Gasteiger partial charge < -0.3 is 20.5 Å². The van der Waals surface area contributed by atoms with Gasteiger partial charge >= 0.3 is 0 Å². The predicted octanol–water partition coefficient (Wildman–Crippen LogP) is 2.91. The number of ether oxygens (including phenoxy) is 2. The minimum atomic E-state index is -3.54. The molecule has 1 fully saturated rings. The second kappa shape index (κ2) is 10.8. The van der Waals surface area contributed by atoms with Crippen LogP contribution in [-0.4, -0.2) is 59.0 Å². The summed E-state index contributed by atoms with van der Waals surface area (Å²) in [5, 5.41) is 11.1. The Morgan fingerprint density at radius 1 is 1.23 bits per heavy atom. The van der Waals surface area contributed by atoms with E-state index in [2.05, 4.69) is 5.32 Å². The molecule has 2 heterocycles. The van der Waals surface area contributed by atoms with Gasteiger partial charge in [0.05, 0.1) is 24.1 Å². The Labute approximate surface area is 207 Å². The molecule has 0 spiro atoms. The molecular weight excluding hydrogens is 464 g/mol. The lowest BCUT2D eigenvalue weighted by Gasteiger charge is -2.28. The zero-order valence-corrected chi connectivity index (χ0v) is 21.1. The number of nitrogens with one attached hydrogen (secondary N) is 2. The van der Waals surface area contributed by atoms with Crippen LogP contribution >= 0.6 is 0 Å². The highest BCUT2D eigenvalue weighted by atomic mass is 32.2. The maximum Gasteiger partial charge on any atom is 0.235 e. The normalized spacial score (nSPS) is 19.0. The van der Waals surface area contributed by atoms with E-state index in [4.69, 9.17) is 20.6 Å². The van der Waals surface area contributed by atoms with Gasteiger partial charge in [-0.3, -0.25) is 9.71 Å². The largest absolute Gasteiger partial charge is 0.490 e. The number of benzene rings is 2. The Balaban J connectivity index is 1.70. The topological polar surface area (TPSA) is 118 Å². The van der Waals surface area contributed by atoms with Crippen LogP contribution in [0.3, 0.4) is 0 Å². The van der Waals surface area contributed by atoms with Gasteiger partial charge in [-0.15, -0.1) is 0 Å². The molecule has 2 aromatic rings. The highest BCUT2D eigenvalue weighted by Gasteiger charge is 2.39. The summed E-state index contributed by atoms with van der Waals surface area (Å²) >= 11 is 0. The Bertz CT molecular complexity index is 1210. The lowest BCUT2D eigenvalue weighted by atomic mass is 10.00. The van der Waals surface area contributed by atoms with Crippen LogP contribution in [0.25, 0.3) is 6.08 Å². The molecule has 0 bridgehead atoms. The average Bonchev–Trinajstić information content (AvgIpc) is 3.24. The molecule has 1 unspecified atom stereocenters. The van der Waals surface area contributed by atoms with Crippen LogP contribution in [0.4, 0.5) is 5.69 Å². The number of rotatable bonds is 9. The molecule has 35 heavy (non-hydrogen) atoms. The number of hydrogen-bond donors (Lipinski definition) is 3. The first-order chi connectivity index (χ1) is 16.8. The van der Waals surface area contributed by atoms with Gasteiger partial charge in [-0.2, -0.15) is 0 Å². The van der Waals surface area contributed by atoms with Gasteiger partial charge in [-0.1, -0.05) is 24.3 Å². The van der Waals surface area contributed by atoms with Crippen LogP contribution in [0.15, 0.2) is 48.0 Å². The Morgan fingerprint density at radius 3 is 2.69 bits per heavy atom. The second-order valence-electron chi connectivity index (χ2n) is 8.97. The number of nitrogen functional groups attached to an aromatic ring is 1. The number of nitrogens with two attached hydrogens (primary N) is 1. The molecule has 188 valence electrons. The Hall–Kier alpha value is -2.88. The summed E-state index contributed by atoms with van der Waals surface area (Å²) in [6, 6.07) is 12.6. The van der Waals surface area contributed by atoms with Crippen molar-refractivity contribution in [1.82, 2.24) is 5.32 Å². The van der Waals surface area contributed by atoms with Gasteiger partial charge in [-0.25, -0.2) is 8.42 Å². The summed E-state index contributed by atoms with van der Waals surface area (Å²) in [4.78, 5) is 0. The van der Waals surface area contributed by atoms with Gasteiger partial charge in [0, 0.05) is 19.1 Å². The third kappa shape index (κ3) is 5.69. The van der Waals surface area contributed by atoms with Gasteiger partial charge in [0.2, 0.25) is 10.0 Å². The first-order valence-electron chi connectivity index (χ1n) is 12.0. The quantitative estimate of drug-likeness (QED) is 0.361. The van der Waals surface area contributed by atoms with Crippen molar-refractivity contribution in [1.29, 1.82) is 5.41 Å². The SMILES string of the molecule is CCS(=O)(=O)N1c2ccc(OC3CCNCC3)cc2CC1/C(=C/c1cccc(C(=N)N)c1)COC. The van der Waals surface area contributed by atoms with E-state index in [1.165, 1.54) is 4.31 Å². The first kappa shape index (κ1) is 25.2. The number of fused-ring (bicyclic) bond motifs is 1. The number of hydrogen-bond acceptors (Lipinski definition) is 6. The summed E-state index contributed by atoms with van der Waals surface area (Å²) in [7, 11) is -1.94. The number of nitrogens with zero attached hydrogens (tertiary/aromatic N) is 1. The number of piperidine rings is 1. The second-order valence-corrected chi connectivity index (χ2v) is 11.1. The summed E-state index contributed by atoms with van der Waals surface area (Å²) in [6.45, 7) is 3.82. The van der Waals surface area contributed by atoms with Crippen molar-refractivity contribution >= 4 is 27.6 Å². The molecule has 0 radical (unpaired) electrons. The standard InChI is InChI=1S/C26H34N4O4S/c1-3-35(31,32)30-24-8-7-23(34-22-9-11-29-12-10-22)15-20(24)16-25(30)21(17-33-2)14-18-5-4-6-19(13-18)26(27)28/h4-8,13-15,22,25,29H,3,9-12,16-17H2,1-2H3,(H3,27,28)/b21-14+. The minimum Gasteiger partial charge on any atom is -0.490 e. The fourth-order valence-corrected chi connectivity index (χ4v) is 6.11. The monoisotopic (exact) mass is 498 g/mol. The van der Waals surface area contributed by atoms with Crippen LogP contribution in [-0.2, 0) is 21.2 Å². The van der Waals surface area contributed by atoms with Crippen molar-refractivity contribution in [3.63, 3.8) is 0 Å². The van der Waals surface area contributed by atoms with Gasteiger partial charge in [0.1, 0.15) is 17.7 Å². The molecule has 2 aliphatic rings. The zero-order chi connectivity index (χ0) is 25.0. The third-order valence-corrected chi connectivity index (χ3v) is 8.31. The van der Waals surface area contributed by atoms with Crippen LogP contribution in [0.1, 0.15) is 36.5 Å². The minimum absolute atomic E-state index is 0.00362. The van der Waals surface area contributed by atoms with Crippen molar-refractivity contribution in [2.24, 2.45) is 5.73 Å². The van der Waals surface area contributed by atoms with E-state index in [9.17, 15) is 8.42 Å². The van der Waals surface area contributed by atoms with Crippen molar-refractivity contribution in [3.8, 4) is 5.75 Å². The van der Waals surface area contributed by atoms with Crippen molar-refractivity contribution in [3.05, 3.63) is 64.7 Å². The van der Waals surface area contributed by atoms with Crippen molar-refractivity contribution in [2.75, 3.05) is 36.9 Å². The fourth-order valence-electron chi connectivity index (χ4n) is 4.75. The molecule has 1 atom stereocenters. The molecule has 9 heteroatoms. The van der Waals surface area contributed by atoms with Crippen LogP contribution < -0.4 is 20.1 Å². The Kier molecular flexibility index (Phi) is 7.78. The highest BCUT2D eigenvalue weighted by molar-refractivity contribution is 7.92. The molecule has 4 rings (SSSR count). The van der Waals surface area contributed by atoms with E-state index in [-0.39, 0.29) is 24.3 Å². The molecule has 1 saturated heterocycles. The van der Waals surface area contributed by atoms with Crippen molar-refractivity contribution < 1.29 is 17.9 Å². The fraction of sp³-hybridized carbons (Fsp3) is 0.423. The maximum atomic E-state index is 13.3. The lowest BCUT2D eigenvalue weighted by molar-refractivity contribution is 0.162. The molecule has 0 saturated carbocycles. The van der Waals surface area contributed by atoms with Crippen LogP contribution in [0.2, 0.25) is 0 Å². The number of amidine groups is 1. The molecule has 2 aromatic carbocycles.